The predicted octanol–water partition coefficient (Wildman–Crippen LogP) is 4.24. The van der Waals surface area contributed by atoms with Crippen LogP contribution in [0.25, 0.3) is 0 Å². The maximum absolute atomic E-state index is 11.0. The lowest BCUT2D eigenvalue weighted by atomic mass is 10.2. The lowest BCUT2D eigenvalue weighted by Gasteiger charge is -2.36. The van der Waals surface area contributed by atoms with Crippen LogP contribution in [0.5, 0.6) is 0 Å². The maximum atomic E-state index is 11.0. The van der Waals surface area contributed by atoms with Crippen molar-refractivity contribution in [2.75, 3.05) is 0 Å². The first-order valence-corrected chi connectivity index (χ1v) is 13.0. The topological polar surface area (TPSA) is 46.5 Å². The van der Waals surface area contributed by atoms with Crippen LogP contribution in [0.15, 0.2) is 11.6 Å². The van der Waals surface area contributed by atoms with Crippen LogP contribution in [0.3, 0.4) is 0 Å². The van der Waals surface area contributed by atoms with E-state index in [0.717, 1.165) is 12.8 Å². The average molecular weight is 289 g/mol. The summed E-state index contributed by atoms with van der Waals surface area (Å²) in [4.78, 5) is 11.0. The summed E-state index contributed by atoms with van der Waals surface area (Å²) in [5.74, 6) is -0.825. The number of aliphatic carboxylic acids is 1. The quantitative estimate of drug-likeness (QED) is 0.563. The molecular weight excluding hydrogens is 260 g/mol. The van der Waals surface area contributed by atoms with Crippen molar-refractivity contribution in [1.82, 2.24) is 0 Å². The van der Waals surface area contributed by atoms with Gasteiger partial charge in [0.25, 0.3) is 0 Å². The Morgan fingerprint density at radius 1 is 1.28 bits per heavy atom. The molecule has 3 nitrogen and oxygen atoms in total. The van der Waals surface area contributed by atoms with Gasteiger partial charge in [-0.1, -0.05) is 19.4 Å². The Kier molecular flexibility index (Phi) is 6.53. The van der Waals surface area contributed by atoms with E-state index in [0.29, 0.717) is 5.57 Å². The standard InChI is InChI=1S/C13H28O3Si2/c1-8-9-12(10-11(2)13(14)15)18(6,7)16-17(3,4)5/h10,12H,8-9H2,1-7H3,(H,14,15)/b11-10+. The minimum absolute atomic E-state index is 0.283. The second-order valence-electron chi connectivity index (χ2n) is 6.37. The van der Waals surface area contributed by atoms with Crippen molar-refractivity contribution in [2.45, 2.75) is 65.0 Å². The van der Waals surface area contributed by atoms with Crippen LogP contribution in [0.2, 0.25) is 38.3 Å². The molecule has 0 heterocycles. The van der Waals surface area contributed by atoms with Crippen LogP contribution in [0.1, 0.15) is 26.7 Å². The molecule has 0 radical (unpaired) electrons. The molecule has 0 aromatic rings. The smallest absolute Gasteiger partial charge is 0.330 e. The Labute approximate surface area is 114 Å². The normalized spacial score (nSPS) is 15.6. The molecule has 1 N–H and O–H groups in total. The number of carboxylic acid groups (broad SMARTS) is 1. The molecule has 0 aromatic heterocycles. The van der Waals surface area contributed by atoms with Gasteiger partial charge in [-0.15, -0.1) is 0 Å². The third-order valence-electron chi connectivity index (χ3n) is 2.85. The van der Waals surface area contributed by atoms with Gasteiger partial charge in [-0.05, 0) is 51.6 Å². The zero-order valence-electron chi connectivity index (χ0n) is 12.8. The third kappa shape index (κ3) is 6.51. The number of carboxylic acids is 1. The van der Waals surface area contributed by atoms with Crippen molar-refractivity contribution in [3.8, 4) is 0 Å². The second-order valence-corrected chi connectivity index (χ2v) is 15.4. The van der Waals surface area contributed by atoms with Crippen molar-refractivity contribution in [3.63, 3.8) is 0 Å². The van der Waals surface area contributed by atoms with E-state index >= 15 is 0 Å². The SMILES string of the molecule is CCCC(/C=C(\C)C(=O)O)[Si](C)(C)O[Si](C)(C)C. The predicted molar refractivity (Wildman–Crippen MR) is 82.0 cm³/mol. The number of rotatable bonds is 7. The Bertz CT molecular complexity index is 317. The van der Waals surface area contributed by atoms with Gasteiger partial charge in [0, 0.05) is 5.57 Å². The fraction of sp³-hybridized carbons (Fsp3) is 0.769. The lowest BCUT2D eigenvalue weighted by molar-refractivity contribution is -0.132. The first-order valence-electron chi connectivity index (χ1n) is 6.61. The van der Waals surface area contributed by atoms with Crippen LogP contribution in [-0.4, -0.2) is 27.7 Å². The highest BCUT2D eigenvalue weighted by Gasteiger charge is 2.36. The molecule has 0 rings (SSSR count). The summed E-state index contributed by atoms with van der Waals surface area (Å²) < 4.78 is 6.36. The first kappa shape index (κ1) is 17.6. The van der Waals surface area contributed by atoms with E-state index in [4.69, 9.17) is 9.22 Å². The van der Waals surface area contributed by atoms with Gasteiger partial charge in [0.15, 0.2) is 16.6 Å². The largest absolute Gasteiger partial charge is 0.478 e. The minimum Gasteiger partial charge on any atom is -0.478 e. The number of hydrogen-bond acceptors (Lipinski definition) is 2. The molecule has 18 heavy (non-hydrogen) atoms. The maximum Gasteiger partial charge on any atom is 0.330 e. The summed E-state index contributed by atoms with van der Waals surface area (Å²) in [6.45, 7) is 14.8. The zero-order valence-corrected chi connectivity index (χ0v) is 14.8. The molecule has 0 amide bonds. The second kappa shape index (κ2) is 6.68. The molecule has 106 valence electrons. The minimum atomic E-state index is -1.88. The molecule has 0 fully saturated rings. The van der Waals surface area contributed by atoms with Crippen LogP contribution < -0.4 is 0 Å². The summed E-state index contributed by atoms with van der Waals surface area (Å²) in [6.07, 6.45) is 3.98. The molecule has 0 saturated carbocycles. The molecule has 5 heteroatoms. The molecule has 0 saturated heterocycles. The van der Waals surface area contributed by atoms with Crippen LogP contribution in [0.4, 0.5) is 0 Å². The fourth-order valence-electron chi connectivity index (χ4n) is 2.18. The number of carbonyl (C=O) groups is 1. The molecule has 0 aliphatic heterocycles. The van der Waals surface area contributed by atoms with E-state index in [-0.39, 0.29) is 5.54 Å². The molecule has 0 aromatic carbocycles. The zero-order chi connectivity index (χ0) is 14.6. The van der Waals surface area contributed by atoms with E-state index in [9.17, 15) is 4.79 Å². The van der Waals surface area contributed by atoms with E-state index in [1.54, 1.807) is 6.92 Å². The van der Waals surface area contributed by atoms with Gasteiger partial charge < -0.3 is 9.22 Å². The van der Waals surface area contributed by atoms with Crippen LogP contribution in [0, 0.1) is 0 Å². The van der Waals surface area contributed by atoms with Gasteiger partial charge in [0.05, 0.1) is 0 Å². The van der Waals surface area contributed by atoms with Crippen molar-refractivity contribution >= 4 is 22.6 Å². The molecule has 0 aliphatic rings. The summed E-state index contributed by atoms with van der Waals surface area (Å²) >= 11 is 0. The summed E-state index contributed by atoms with van der Waals surface area (Å²) in [6, 6.07) is 0. The van der Waals surface area contributed by atoms with Gasteiger partial charge in [0.1, 0.15) is 0 Å². The molecule has 1 atom stereocenters. The Balaban J connectivity index is 5.10. The molecular formula is C13H28O3Si2. The molecule has 0 spiro atoms. The van der Waals surface area contributed by atoms with E-state index in [2.05, 4.69) is 39.7 Å². The first-order chi connectivity index (χ1) is 7.99. The van der Waals surface area contributed by atoms with E-state index in [1.165, 1.54) is 0 Å². The monoisotopic (exact) mass is 288 g/mol. The van der Waals surface area contributed by atoms with Gasteiger partial charge >= 0.3 is 5.97 Å². The number of hydrogen-bond donors (Lipinski definition) is 1. The third-order valence-corrected chi connectivity index (χ3v) is 9.65. The highest BCUT2D eigenvalue weighted by molar-refractivity contribution is 6.85. The summed E-state index contributed by atoms with van der Waals surface area (Å²) in [5.41, 5.74) is 0.721. The van der Waals surface area contributed by atoms with E-state index < -0.39 is 22.6 Å². The van der Waals surface area contributed by atoms with Crippen LogP contribution >= 0.6 is 0 Å². The molecule has 1 unspecified atom stereocenters. The van der Waals surface area contributed by atoms with Crippen molar-refractivity contribution < 1.29 is 14.0 Å². The van der Waals surface area contributed by atoms with Gasteiger partial charge in [0.2, 0.25) is 0 Å². The van der Waals surface area contributed by atoms with Gasteiger partial charge in [-0.25, -0.2) is 4.79 Å². The van der Waals surface area contributed by atoms with Gasteiger partial charge in [-0.2, -0.15) is 0 Å². The van der Waals surface area contributed by atoms with Gasteiger partial charge in [-0.3, -0.25) is 0 Å². The number of allylic oxidation sites excluding steroid dienone is 1. The average Bonchev–Trinajstić information content (AvgIpc) is 2.12. The fourth-order valence-corrected chi connectivity index (χ4v) is 10.7. The van der Waals surface area contributed by atoms with Crippen LogP contribution in [-0.2, 0) is 8.91 Å². The Morgan fingerprint density at radius 2 is 1.78 bits per heavy atom. The molecule has 0 bridgehead atoms. The van der Waals surface area contributed by atoms with Crippen molar-refractivity contribution in [1.29, 1.82) is 0 Å². The van der Waals surface area contributed by atoms with Crippen molar-refractivity contribution in [3.05, 3.63) is 11.6 Å². The highest BCUT2D eigenvalue weighted by atomic mass is 28.4. The Morgan fingerprint density at radius 3 is 2.11 bits per heavy atom. The summed E-state index contributed by atoms with van der Waals surface area (Å²) in [5, 5.41) is 9.01. The summed E-state index contributed by atoms with van der Waals surface area (Å²) in [7, 11) is -3.45. The highest BCUT2D eigenvalue weighted by Crippen LogP contribution is 2.32. The molecule has 0 aliphatic carbocycles. The van der Waals surface area contributed by atoms with Crippen molar-refractivity contribution in [2.24, 2.45) is 0 Å². The Hall–Kier alpha value is -0.396. The van der Waals surface area contributed by atoms with E-state index in [1.807, 2.05) is 6.08 Å². The lowest BCUT2D eigenvalue weighted by Crippen LogP contribution is -2.45.